The summed E-state index contributed by atoms with van der Waals surface area (Å²) in [6.07, 6.45) is 3.29. The number of sulfonamides is 1. The number of nitrogens with zero attached hydrogens (tertiary/aromatic N) is 2. The van der Waals surface area contributed by atoms with Crippen molar-refractivity contribution in [3.63, 3.8) is 0 Å². The van der Waals surface area contributed by atoms with Gasteiger partial charge < -0.3 is 5.32 Å². The number of amides is 1. The van der Waals surface area contributed by atoms with Crippen LogP contribution in [-0.2, 0) is 14.8 Å². The van der Waals surface area contributed by atoms with Crippen molar-refractivity contribution in [3.8, 4) is 0 Å². The van der Waals surface area contributed by atoms with E-state index in [1.807, 2.05) is 66.7 Å². The Morgan fingerprint density at radius 2 is 1.50 bits per heavy atom. The van der Waals surface area contributed by atoms with Crippen molar-refractivity contribution in [1.82, 2.24) is 9.97 Å². The smallest absolute Gasteiger partial charge is 0.264 e. The highest BCUT2D eigenvalue weighted by Gasteiger charge is 2.17. The third kappa shape index (κ3) is 5.73. The molecular weight excluding hydrogens is 448 g/mol. The Balaban J connectivity index is 1.54. The Hall–Kier alpha value is -4.30. The molecule has 0 aliphatic heterocycles. The average Bonchev–Trinajstić information content (AvgIpc) is 2.84. The van der Waals surface area contributed by atoms with Crippen LogP contribution in [0.5, 0.6) is 0 Å². The van der Waals surface area contributed by atoms with Crippen molar-refractivity contribution >= 4 is 39.2 Å². The molecular formula is C26H22N4O3S. The molecule has 7 nitrogen and oxygen atoms in total. The van der Waals surface area contributed by atoms with Crippen molar-refractivity contribution in [3.05, 3.63) is 114 Å². The third-order valence-corrected chi connectivity index (χ3v) is 6.23. The number of carbonyl (C=O) groups is 1. The summed E-state index contributed by atoms with van der Waals surface area (Å²) in [6, 6.07) is 26.5. The predicted octanol–water partition coefficient (Wildman–Crippen LogP) is 4.77. The van der Waals surface area contributed by atoms with Crippen LogP contribution in [-0.4, -0.2) is 24.3 Å². The van der Waals surface area contributed by atoms with Crippen LogP contribution < -0.4 is 10.0 Å². The van der Waals surface area contributed by atoms with E-state index in [1.54, 1.807) is 13.0 Å². The summed E-state index contributed by atoms with van der Waals surface area (Å²) in [7, 11) is -3.87. The molecule has 0 aliphatic rings. The Morgan fingerprint density at radius 1 is 0.853 bits per heavy atom. The zero-order chi connectivity index (χ0) is 24.0. The van der Waals surface area contributed by atoms with E-state index in [0.29, 0.717) is 17.0 Å². The number of anilines is 2. The van der Waals surface area contributed by atoms with E-state index in [0.717, 1.165) is 11.1 Å². The highest BCUT2D eigenvalue weighted by Crippen LogP contribution is 2.22. The fourth-order valence-electron chi connectivity index (χ4n) is 3.21. The van der Waals surface area contributed by atoms with E-state index < -0.39 is 10.0 Å². The number of hydrogen-bond donors (Lipinski definition) is 2. The zero-order valence-corrected chi connectivity index (χ0v) is 19.2. The summed E-state index contributed by atoms with van der Waals surface area (Å²) in [5, 5.41) is 2.85. The molecule has 0 bridgehead atoms. The van der Waals surface area contributed by atoms with Gasteiger partial charge in [-0.2, -0.15) is 0 Å². The minimum absolute atomic E-state index is 0.00377. The van der Waals surface area contributed by atoms with E-state index in [1.165, 1.54) is 30.5 Å². The molecule has 4 rings (SSSR count). The van der Waals surface area contributed by atoms with Gasteiger partial charge in [0.1, 0.15) is 0 Å². The number of aryl methyl sites for hydroxylation is 1. The van der Waals surface area contributed by atoms with E-state index in [4.69, 9.17) is 0 Å². The molecule has 3 aromatic carbocycles. The lowest BCUT2D eigenvalue weighted by Gasteiger charge is -2.11. The van der Waals surface area contributed by atoms with Gasteiger partial charge in [0.2, 0.25) is 5.95 Å². The van der Waals surface area contributed by atoms with Gasteiger partial charge in [-0.25, -0.2) is 23.1 Å². The van der Waals surface area contributed by atoms with Crippen molar-refractivity contribution in [1.29, 1.82) is 0 Å². The van der Waals surface area contributed by atoms with E-state index in [9.17, 15) is 13.2 Å². The maximum Gasteiger partial charge on any atom is 0.264 e. The van der Waals surface area contributed by atoms with Gasteiger partial charge in [-0.3, -0.25) is 4.79 Å². The number of rotatable bonds is 7. The van der Waals surface area contributed by atoms with Crippen LogP contribution in [0.2, 0.25) is 0 Å². The lowest BCUT2D eigenvalue weighted by atomic mass is 10.0. The molecule has 0 atom stereocenters. The number of nitrogens with one attached hydrogen (secondary N) is 2. The first-order valence-corrected chi connectivity index (χ1v) is 11.9. The van der Waals surface area contributed by atoms with E-state index >= 15 is 0 Å². The molecule has 0 aliphatic carbocycles. The largest absolute Gasteiger partial charge is 0.322 e. The lowest BCUT2D eigenvalue weighted by Crippen LogP contribution is -2.16. The highest BCUT2D eigenvalue weighted by atomic mass is 32.2. The quantitative estimate of drug-likeness (QED) is 0.299. The second kappa shape index (κ2) is 10.1. The van der Waals surface area contributed by atoms with Gasteiger partial charge in [-0.15, -0.1) is 0 Å². The molecule has 0 unspecified atom stereocenters. The second-order valence-corrected chi connectivity index (χ2v) is 9.12. The maximum atomic E-state index is 13.1. The molecule has 34 heavy (non-hydrogen) atoms. The van der Waals surface area contributed by atoms with Crippen molar-refractivity contribution in [2.75, 3.05) is 10.0 Å². The summed E-state index contributed by atoms with van der Waals surface area (Å²) < 4.78 is 27.7. The van der Waals surface area contributed by atoms with Gasteiger partial charge in [0, 0.05) is 23.2 Å². The Kier molecular flexibility index (Phi) is 6.79. The monoisotopic (exact) mass is 470 g/mol. The minimum atomic E-state index is -3.87. The molecule has 1 aromatic heterocycles. The SMILES string of the molecule is Cc1ccnc(NS(=O)(=O)c2ccc(NC(=O)/C(=C/c3ccccc3)c3ccccc3)cc2)n1. The van der Waals surface area contributed by atoms with Crippen LogP contribution in [0.4, 0.5) is 11.6 Å². The van der Waals surface area contributed by atoms with Crippen molar-refractivity contribution in [2.24, 2.45) is 0 Å². The van der Waals surface area contributed by atoms with E-state index in [-0.39, 0.29) is 16.8 Å². The number of benzene rings is 3. The predicted molar refractivity (Wildman–Crippen MR) is 133 cm³/mol. The molecule has 1 heterocycles. The first kappa shape index (κ1) is 22.9. The topological polar surface area (TPSA) is 101 Å². The molecule has 0 spiro atoms. The van der Waals surface area contributed by atoms with E-state index in [2.05, 4.69) is 20.0 Å². The van der Waals surface area contributed by atoms with Crippen LogP contribution in [0, 0.1) is 6.92 Å². The number of hydrogen-bond acceptors (Lipinski definition) is 5. The van der Waals surface area contributed by atoms with Crippen LogP contribution in [0.15, 0.2) is 102 Å². The number of aromatic nitrogens is 2. The van der Waals surface area contributed by atoms with Gasteiger partial charge in [0.15, 0.2) is 0 Å². The fraction of sp³-hybridized carbons (Fsp3) is 0.0385. The number of carbonyl (C=O) groups excluding carboxylic acids is 1. The zero-order valence-electron chi connectivity index (χ0n) is 18.3. The van der Waals surface area contributed by atoms with Crippen LogP contribution in [0.1, 0.15) is 16.8 Å². The summed E-state index contributed by atoms with van der Waals surface area (Å²) in [4.78, 5) is 21.2. The van der Waals surface area contributed by atoms with Crippen LogP contribution in [0.3, 0.4) is 0 Å². The average molecular weight is 471 g/mol. The molecule has 0 radical (unpaired) electrons. The molecule has 0 saturated carbocycles. The fourth-order valence-corrected chi connectivity index (χ4v) is 4.16. The van der Waals surface area contributed by atoms with Crippen molar-refractivity contribution < 1.29 is 13.2 Å². The van der Waals surface area contributed by atoms with Crippen molar-refractivity contribution in [2.45, 2.75) is 11.8 Å². The Morgan fingerprint density at radius 3 is 2.15 bits per heavy atom. The van der Waals surface area contributed by atoms with Gasteiger partial charge in [-0.05, 0) is 54.5 Å². The summed E-state index contributed by atoms with van der Waals surface area (Å²) >= 11 is 0. The summed E-state index contributed by atoms with van der Waals surface area (Å²) in [6.45, 7) is 1.74. The van der Waals surface area contributed by atoms with Gasteiger partial charge in [0.25, 0.3) is 15.9 Å². The first-order chi connectivity index (χ1) is 16.4. The minimum Gasteiger partial charge on any atom is -0.322 e. The highest BCUT2D eigenvalue weighted by molar-refractivity contribution is 7.92. The van der Waals surface area contributed by atoms with Gasteiger partial charge in [0.05, 0.1) is 4.90 Å². The molecule has 4 aromatic rings. The molecule has 0 saturated heterocycles. The standard InChI is InChI=1S/C26H22N4O3S/c1-19-16-17-27-26(28-19)30-34(32,33)23-14-12-22(13-15-23)29-25(31)24(21-10-6-3-7-11-21)18-20-8-4-2-5-9-20/h2-18H,1H3,(H,29,31)(H,27,28,30)/b24-18+. The summed E-state index contributed by atoms with van der Waals surface area (Å²) in [5.74, 6) is -0.312. The molecule has 0 fully saturated rings. The normalized spacial score (nSPS) is 11.6. The first-order valence-electron chi connectivity index (χ1n) is 10.5. The molecule has 1 amide bonds. The maximum absolute atomic E-state index is 13.1. The third-order valence-electron chi connectivity index (χ3n) is 4.88. The molecule has 170 valence electrons. The Bertz CT molecular complexity index is 1420. The van der Waals surface area contributed by atoms with Crippen LogP contribution >= 0.6 is 0 Å². The van der Waals surface area contributed by atoms with Gasteiger partial charge >= 0.3 is 0 Å². The summed E-state index contributed by atoms with van der Waals surface area (Å²) in [5.41, 5.74) is 3.25. The molecule has 8 heteroatoms. The lowest BCUT2D eigenvalue weighted by molar-refractivity contribution is -0.111. The van der Waals surface area contributed by atoms with Crippen LogP contribution in [0.25, 0.3) is 11.6 Å². The van der Waals surface area contributed by atoms with Gasteiger partial charge in [-0.1, -0.05) is 60.7 Å². The Labute approximate surface area is 198 Å². The molecule has 2 N–H and O–H groups in total. The second-order valence-electron chi connectivity index (χ2n) is 7.44.